The van der Waals surface area contributed by atoms with Gasteiger partial charge < -0.3 is 9.47 Å². The highest BCUT2D eigenvalue weighted by molar-refractivity contribution is 8.19. The number of nitrogens with zero attached hydrogens (tertiary/aromatic N) is 2. The van der Waals surface area contributed by atoms with E-state index >= 15 is 0 Å². The molecule has 7 nitrogen and oxygen atoms in total. The van der Waals surface area contributed by atoms with Crippen molar-refractivity contribution < 1.29 is 27.1 Å². The molecule has 2 aromatic rings. The Morgan fingerprint density at radius 1 is 1.08 bits per heavy atom. The van der Waals surface area contributed by atoms with E-state index < -0.39 is 21.7 Å². The molecule has 2 aromatic carbocycles. The van der Waals surface area contributed by atoms with Gasteiger partial charge in [0.1, 0.15) is 5.82 Å². The quantitative estimate of drug-likeness (QED) is 0.173. The van der Waals surface area contributed by atoms with Gasteiger partial charge in [-0.15, -0.1) is 11.0 Å². The summed E-state index contributed by atoms with van der Waals surface area (Å²) in [7, 11) is -2.59. The fourth-order valence-electron chi connectivity index (χ4n) is 3.56. The van der Waals surface area contributed by atoms with Gasteiger partial charge in [-0.2, -0.15) is 8.42 Å². The normalized spacial score (nSPS) is 16.0. The Balaban J connectivity index is 1.84. The summed E-state index contributed by atoms with van der Waals surface area (Å²) in [6.07, 6.45) is 8.72. The number of unbranched alkanes of at least 4 members (excludes halogenated alkanes) is 4. The fourth-order valence-corrected chi connectivity index (χ4v) is 5.75. The van der Waals surface area contributed by atoms with Crippen LogP contribution >= 0.6 is 11.8 Å². The molecule has 1 amide bonds. The van der Waals surface area contributed by atoms with Crippen molar-refractivity contribution in [2.24, 2.45) is 4.40 Å². The molecular weight excluding hydrogens is 515 g/mol. The van der Waals surface area contributed by atoms with Gasteiger partial charge in [-0.3, -0.25) is 9.69 Å². The predicted molar refractivity (Wildman–Crippen MR) is 146 cm³/mol. The third-order valence-corrected chi connectivity index (χ3v) is 7.90. The lowest BCUT2D eigenvalue weighted by Crippen LogP contribution is -2.29. The Hall–Kier alpha value is -3.11. The van der Waals surface area contributed by atoms with E-state index in [0.717, 1.165) is 48.9 Å². The third-order valence-electron chi connectivity index (χ3n) is 5.50. The van der Waals surface area contributed by atoms with Gasteiger partial charge in [-0.1, -0.05) is 44.7 Å². The minimum atomic E-state index is -4.16. The monoisotopic (exact) mass is 546 g/mol. The van der Waals surface area contributed by atoms with Gasteiger partial charge in [0.25, 0.3) is 15.9 Å². The summed E-state index contributed by atoms with van der Waals surface area (Å²) in [5.41, 5.74) is 0.693. The number of thioether (sulfide) groups is 1. The van der Waals surface area contributed by atoms with Crippen LogP contribution in [0.5, 0.6) is 11.5 Å². The second kappa shape index (κ2) is 13.4. The second-order valence-electron chi connectivity index (χ2n) is 8.29. The number of hydrogen-bond acceptors (Lipinski definition) is 6. The molecule has 0 aliphatic carbocycles. The van der Waals surface area contributed by atoms with Crippen LogP contribution in [-0.2, 0) is 14.8 Å². The highest BCUT2D eigenvalue weighted by Crippen LogP contribution is 2.35. The zero-order chi connectivity index (χ0) is 26.8. The van der Waals surface area contributed by atoms with Crippen LogP contribution in [-0.4, -0.2) is 44.7 Å². The van der Waals surface area contributed by atoms with Crippen molar-refractivity contribution in [2.45, 2.75) is 43.9 Å². The molecule has 10 heteroatoms. The average molecular weight is 547 g/mol. The number of sulfonamides is 1. The first-order valence-corrected chi connectivity index (χ1v) is 14.3. The Bertz CT molecular complexity index is 1270. The molecule has 1 aliphatic heterocycles. The van der Waals surface area contributed by atoms with Gasteiger partial charge in [0.15, 0.2) is 16.7 Å². The number of rotatable bonds is 13. The standard InChI is InChI=1S/C27H31FN2O5S2/c1-4-6-7-8-9-17-35-24-18-20(10-15-23(24)34-3)19-25-26(31)30(16-5-2)27(36-25)29-37(32,33)22-13-11-21(28)12-14-22/h5,10-15,18-19H,2,4,6-9,16-17H2,1,3H3/b25-19-,29-27?. The Kier molecular flexibility index (Phi) is 10.3. The van der Waals surface area contributed by atoms with E-state index in [1.807, 2.05) is 0 Å². The molecule has 0 saturated carbocycles. The van der Waals surface area contributed by atoms with E-state index in [1.54, 1.807) is 31.4 Å². The smallest absolute Gasteiger partial charge is 0.284 e. The molecule has 198 valence electrons. The zero-order valence-corrected chi connectivity index (χ0v) is 22.6. The third kappa shape index (κ3) is 7.69. The number of methoxy groups -OCH3 is 1. The van der Waals surface area contributed by atoms with E-state index in [4.69, 9.17) is 9.47 Å². The molecule has 1 fully saturated rings. The van der Waals surface area contributed by atoms with Crippen molar-refractivity contribution >= 4 is 38.9 Å². The summed E-state index contributed by atoms with van der Waals surface area (Å²) in [5, 5.41) is -0.00228. The van der Waals surface area contributed by atoms with Gasteiger partial charge in [0.05, 0.1) is 23.5 Å². The van der Waals surface area contributed by atoms with Crippen molar-refractivity contribution in [2.75, 3.05) is 20.3 Å². The maximum Gasteiger partial charge on any atom is 0.284 e. The van der Waals surface area contributed by atoms with Crippen molar-refractivity contribution in [1.82, 2.24) is 4.90 Å². The van der Waals surface area contributed by atoms with Crippen LogP contribution in [0.4, 0.5) is 4.39 Å². The Morgan fingerprint density at radius 2 is 1.81 bits per heavy atom. The summed E-state index contributed by atoms with van der Waals surface area (Å²) in [4.78, 5) is 14.5. The molecule has 0 N–H and O–H groups in total. The van der Waals surface area contributed by atoms with Crippen LogP contribution < -0.4 is 9.47 Å². The number of hydrogen-bond donors (Lipinski definition) is 0. The van der Waals surface area contributed by atoms with Crippen LogP contribution in [0.1, 0.15) is 44.6 Å². The number of amidine groups is 1. The number of amides is 1. The van der Waals surface area contributed by atoms with Crippen LogP contribution in [0.3, 0.4) is 0 Å². The molecule has 0 spiro atoms. The first kappa shape index (κ1) is 28.5. The Labute approximate surface area is 222 Å². The maximum absolute atomic E-state index is 13.2. The van der Waals surface area contributed by atoms with Crippen molar-refractivity contribution in [3.8, 4) is 11.5 Å². The molecular formula is C27H31FN2O5S2. The van der Waals surface area contributed by atoms with Gasteiger partial charge in [-0.05, 0) is 66.2 Å². The lowest BCUT2D eigenvalue weighted by molar-refractivity contribution is -0.121. The molecule has 0 unspecified atom stereocenters. The first-order valence-electron chi connectivity index (χ1n) is 12.0. The lowest BCUT2D eigenvalue weighted by atomic mass is 10.1. The largest absolute Gasteiger partial charge is 0.493 e. The number of halogens is 1. The average Bonchev–Trinajstić information content (AvgIpc) is 3.15. The Morgan fingerprint density at radius 3 is 2.49 bits per heavy atom. The number of carbonyl (C=O) groups is 1. The van der Waals surface area contributed by atoms with Crippen molar-refractivity contribution in [3.63, 3.8) is 0 Å². The summed E-state index contributed by atoms with van der Waals surface area (Å²) in [5.74, 6) is 0.197. The SMILES string of the molecule is C=CCN1C(=O)/C(=C/c2ccc(OC)c(OCCCCCCC)c2)SC1=NS(=O)(=O)c1ccc(F)cc1. The van der Waals surface area contributed by atoms with Crippen LogP contribution in [0, 0.1) is 5.82 Å². The van der Waals surface area contributed by atoms with Crippen LogP contribution in [0.15, 0.2) is 69.3 Å². The maximum atomic E-state index is 13.2. The fraction of sp³-hybridized carbons (Fsp3) is 0.333. The molecule has 3 rings (SSSR count). The predicted octanol–water partition coefficient (Wildman–Crippen LogP) is 6.03. The number of ether oxygens (including phenoxy) is 2. The van der Waals surface area contributed by atoms with Crippen LogP contribution in [0.25, 0.3) is 6.08 Å². The van der Waals surface area contributed by atoms with Gasteiger partial charge >= 0.3 is 0 Å². The molecule has 1 aliphatic rings. The number of carbonyl (C=O) groups excluding carboxylic acids is 1. The van der Waals surface area contributed by atoms with E-state index in [1.165, 1.54) is 30.2 Å². The molecule has 0 radical (unpaired) electrons. The van der Waals surface area contributed by atoms with E-state index in [0.29, 0.717) is 28.6 Å². The molecule has 0 atom stereocenters. The molecule has 1 saturated heterocycles. The van der Waals surface area contributed by atoms with E-state index in [2.05, 4.69) is 17.9 Å². The second-order valence-corrected chi connectivity index (χ2v) is 10.9. The van der Waals surface area contributed by atoms with Crippen molar-refractivity contribution in [3.05, 3.63) is 71.4 Å². The molecule has 1 heterocycles. The number of benzene rings is 2. The minimum Gasteiger partial charge on any atom is -0.493 e. The highest BCUT2D eigenvalue weighted by atomic mass is 32.2. The molecule has 37 heavy (non-hydrogen) atoms. The highest BCUT2D eigenvalue weighted by Gasteiger charge is 2.34. The summed E-state index contributed by atoms with van der Waals surface area (Å²) >= 11 is 0.946. The lowest BCUT2D eigenvalue weighted by Gasteiger charge is -2.12. The summed E-state index contributed by atoms with van der Waals surface area (Å²) in [6.45, 7) is 6.45. The topological polar surface area (TPSA) is 85.3 Å². The minimum absolute atomic E-state index is 0.00228. The van der Waals surface area contributed by atoms with Crippen LogP contribution in [0.2, 0.25) is 0 Å². The first-order chi connectivity index (χ1) is 17.8. The zero-order valence-electron chi connectivity index (χ0n) is 21.0. The van der Waals surface area contributed by atoms with E-state index in [9.17, 15) is 17.6 Å². The summed E-state index contributed by atoms with van der Waals surface area (Å²) in [6, 6.07) is 9.69. The van der Waals surface area contributed by atoms with Crippen molar-refractivity contribution in [1.29, 1.82) is 0 Å². The summed E-state index contributed by atoms with van der Waals surface area (Å²) < 4.78 is 54.0. The van der Waals surface area contributed by atoms with Gasteiger partial charge in [-0.25, -0.2) is 4.39 Å². The molecule has 0 bridgehead atoms. The molecule has 0 aromatic heterocycles. The van der Waals surface area contributed by atoms with Gasteiger partial charge in [0.2, 0.25) is 0 Å². The van der Waals surface area contributed by atoms with Gasteiger partial charge in [0, 0.05) is 6.54 Å². The van der Waals surface area contributed by atoms with E-state index in [-0.39, 0.29) is 16.6 Å².